The molecule has 2 aliphatic rings. The van der Waals surface area contributed by atoms with Gasteiger partial charge in [-0.25, -0.2) is 9.18 Å². The number of carbonyl (C=O) groups excluding carboxylic acids is 1. The fraction of sp³-hybridized carbons (Fsp3) is 0.412. The number of nitrogens with zero attached hydrogens (tertiary/aromatic N) is 1. The van der Waals surface area contributed by atoms with Crippen molar-refractivity contribution in [1.82, 2.24) is 0 Å². The maximum Gasteiger partial charge on any atom is 0.337 e. The normalized spacial score (nSPS) is 15.3. The molecule has 0 aliphatic carbocycles. The predicted octanol–water partition coefficient (Wildman–Crippen LogP) is 7.20. The average Bonchev–Trinajstić information content (AvgIpc) is 3.32. The Bertz CT molecular complexity index is 1570. The number of amides is 1. The summed E-state index contributed by atoms with van der Waals surface area (Å²) < 4.78 is 27.4. The van der Waals surface area contributed by atoms with Crippen molar-refractivity contribution in [1.29, 1.82) is 0 Å². The number of aliphatic carboxylic acids is 1. The minimum absolute atomic E-state index is 0.106. The van der Waals surface area contributed by atoms with Crippen LogP contribution in [0.4, 0.5) is 10.1 Å². The molecule has 3 aromatic carbocycles. The van der Waals surface area contributed by atoms with Gasteiger partial charge in [-0.3, -0.25) is 4.79 Å². The van der Waals surface area contributed by atoms with Gasteiger partial charge in [-0.05, 0) is 119 Å². The van der Waals surface area contributed by atoms with Gasteiger partial charge in [0.1, 0.15) is 0 Å². The first kappa shape index (κ1) is 28.8. The molecule has 0 saturated heterocycles. The van der Waals surface area contributed by atoms with Crippen molar-refractivity contribution in [3.63, 3.8) is 0 Å². The third-order valence-electron chi connectivity index (χ3n) is 8.07. The van der Waals surface area contributed by atoms with Crippen molar-refractivity contribution in [3.05, 3.63) is 80.7 Å². The molecule has 2 heterocycles. The van der Waals surface area contributed by atoms with E-state index in [0.29, 0.717) is 53.8 Å². The largest absolute Gasteiger partial charge is 0.490 e. The first-order valence-corrected chi connectivity index (χ1v) is 14.2. The molecule has 2 aliphatic heterocycles. The highest BCUT2D eigenvalue weighted by Crippen LogP contribution is 2.48. The van der Waals surface area contributed by atoms with Crippen molar-refractivity contribution in [2.75, 3.05) is 18.1 Å². The SMILES string of the molecule is Cc1ccc(C)c(C(=O)N2CCc3c2cc(C)c([C@H](OC(C)(C)C)C(=O)O)c3-c2cc(F)c3c(c2C)CCCO3)c1. The molecular formula is C34H38FNO5. The Morgan fingerprint density at radius 2 is 1.76 bits per heavy atom. The molecule has 0 spiro atoms. The fourth-order valence-corrected chi connectivity index (χ4v) is 6.17. The van der Waals surface area contributed by atoms with Gasteiger partial charge in [-0.2, -0.15) is 0 Å². The lowest BCUT2D eigenvalue weighted by atomic mass is 9.83. The monoisotopic (exact) mass is 559 g/mol. The molecule has 0 aromatic heterocycles. The Morgan fingerprint density at radius 3 is 2.44 bits per heavy atom. The first-order valence-electron chi connectivity index (χ1n) is 14.2. The van der Waals surface area contributed by atoms with E-state index < -0.39 is 23.5 Å². The Hall–Kier alpha value is -3.71. The van der Waals surface area contributed by atoms with Crippen LogP contribution >= 0.6 is 0 Å². The van der Waals surface area contributed by atoms with Crippen LogP contribution in [0.3, 0.4) is 0 Å². The molecule has 0 bridgehead atoms. The number of benzene rings is 3. The van der Waals surface area contributed by atoms with E-state index in [1.54, 1.807) is 4.90 Å². The van der Waals surface area contributed by atoms with E-state index in [4.69, 9.17) is 9.47 Å². The van der Waals surface area contributed by atoms with Crippen LogP contribution in [0.1, 0.15) is 82.6 Å². The third kappa shape index (κ3) is 5.23. The van der Waals surface area contributed by atoms with Gasteiger partial charge in [0, 0.05) is 28.9 Å². The lowest BCUT2D eigenvalue weighted by molar-refractivity contribution is -0.160. The first-order chi connectivity index (χ1) is 19.3. The summed E-state index contributed by atoms with van der Waals surface area (Å²) in [6, 6.07) is 9.18. The van der Waals surface area contributed by atoms with Crippen molar-refractivity contribution in [3.8, 4) is 16.9 Å². The summed E-state index contributed by atoms with van der Waals surface area (Å²) in [6.07, 6.45) is 0.672. The number of carboxylic acids is 1. The number of anilines is 1. The van der Waals surface area contributed by atoms with Crippen molar-refractivity contribution in [2.24, 2.45) is 0 Å². The second-order valence-corrected chi connectivity index (χ2v) is 12.2. The highest BCUT2D eigenvalue weighted by atomic mass is 19.1. The Kier molecular flexibility index (Phi) is 7.45. The smallest absolute Gasteiger partial charge is 0.337 e. The molecule has 0 unspecified atom stereocenters. The minimum atomic E-state index is -1.28. The molecule has 0 fully saturated rings. The van der Waals surface area contributed by atoms with Crippen LogP contribution in [0, 0.1) is 33.5 Å². The van der Waals surface area contributed by atoms with E-state index in [0.717, 1.165) is 39.9 Å². The summed E-state index contributed by atoms with van der Waals surface area (Å²) in [7, 11) is 0. The second kappa shape index (κ2) is 10.6. The Labute approximate surface area is 241 Å². The molecule has 41 heavy (non-hydrogen) atoms. The van der Waals surface area contributed by atoms with E-state index in [2.05, 4.69) is 0 Å². The predicted molar refractivity (Wildman–Crippen MR) is 158 cm³/mol. The van der Waals surface area contributed by atoms with Gasteiger partial charge < -0.3 is 19.5 Å². The van der Waals surface area contributed by atoms with Gasteiger partial charge in [0.15, 0.2) is 17.7 Å². The van der Waals surface area contributed by atoms with Gasteiger partial charge >= 0.3 is 5.97 Å². The molecule has 0 saturated carbocycles. The molecule has 6 nitrogen and oxygen atoms in total. The number of rotatable bonds is 5. The van der Waals surface area contributed by atoms with Crippen molar-refractivity contribution >= 4 is 17.6 Å². The zero-order chi connectivity index (χ0) is 29.8. The summed E-state index contributed by atoms with van der Waals surface area (Å²) in [5.74, 6) is -1.42. The van der Waals surface area contributed by atoms with Gasteiger partial charge in [0.2, 0.25) is 0 Å². The highest BCUT2D eigenvalue weighted by molar-refractivity contribution is 6.09. The summed E-state index contributed by atoms with van der Waals surface area (Å²) >= 11 is 0. The molecular weight excluding hydrogens is 521 g/mol. The number of carboxylic acid groups (broad SMARTS) is 1. The lowest BCUT2D eigenvalue weighted by Crippen LogP contribution is -2.30. The summed E-state index contributed by atoms with van der Waals surface area (Å²) in [5, 5.41) is 10.4. The molecule has 7 heteroatoms. The summed E-state index contributed by atoms with van der Waals surface area (Å²) in [5.41, 5.74) is 7.39. The number of aryl methyl sites for hydroxylation is 3. The number of hydrogen-bond donors (Lipinski definition) is 1. The molecule has 1 atom stereocenters. The van der Waals surface area contributed by atoms with Crippen LogP contribution in [0.15, 0.2) is 30.3 Å². The number of halogens is 1. The van der Waals surface area contributed by atoms with Crippen LogP contribution in [-0.2, 0) is 22.4 Å². The lowest BCUT2D eigenvalue weighted by Gasteiger charge is -2.30. The van der Waals surface area contributed by atoms with E-state index in [9.17, 15) is 14.7 Å². The Morgan fingerprint density at radius 1 is 1.02 bits per heavy atom. The highest BCUT2D eigenvalue weighted by Gasteiger charge is 2.37. The van der Waals surface area contributed by atoms with Gasteiger partial charge in [0.05, 0.1) is 12.2 Å². The Balaban J connectivity index is 1.78. The van der Waals surface area contributed by atoms with Crippen molar-refractivity contribution < 1.29 is 28.6 Å². The van der Waals surface area contributed by atoms with E-state index in [1.807, 2.05) is 72.7 Å². The molecule has 1 N–H and O–H groups in total. The molecule has 5 rings (SSSR count). The number of fused-ring (bicyclic) bond motifs is 2. The second-order valence-electron chi connectivity index (χ2n) is 12.2. The van der Waals surface area contributed by atoms with Gasteiger partial charge in [0.25, 0.3) is 5.91 Å². The van der Waals surface area contributed by atoms with Crippen LogP contribution in [0.25, 0.3) is 11.1 Å². The standard InChI is InChI=1S/C34H38FNO5/c1-18-10-11-19(2)24(15-18)32(37)36-13-12-23-27(36)16-20(3)28(31(33(38)39)41-34(5,6)7)29(23)25-17-26(35)30-22(21(25)4)9-8-14-40-30/h10-11,15-17,31H,8-9,12-14H2,1-7H3,(H,38,39)/t31-/m0/s1. The molecule has 1 amide bonds. The maximum absolute atomic E-state index is 15.6. The van der Waals surface area contributed by atoms with Crippen LogP contribution in [-0.4, -0.2) is 35.7 Å². The van der Waals surface area contributed by atoms with Crippen molar-refractivity contribution in [2.45, 2.75) is 79.4 Å². The molecule has 3 aromatic rings. The topological polar surface area (TPSA) is 76.1 Å². The fourth-order valence-electron chi connectivity index (χ4n) is 6.17. The quantitative estimate of drug-likeness (QED) is 0.358. The van der Waals surface area contributed by atoms with E-state index in [1.165, 1.54) is 6.07 Å². The summed E-state index contributed by atoms with van der Waals surface area (Å²) in [6.45, 7) is 14.0. The van der Waals surface area contributed by atoms with E-state index >= 15 is 4.39 Å². The van der Waals surface area contributed by atoms with Gasteiger partial charge in [-0.15, -0.1) is 0 Å². The molecule has 216 valence electrons. The number of carbonyl (C=O) groups is 2. The number of ether oxygens (including phenoxy) is 2. The third-order valence-corrected chi connectivity index (χ3v) is 8.07. The van der Waals surface area contributed by atoms with Gasteiger partial charge in [-0.1, -0.05) is 17.7 Å². The maximum atomic E-state index is 15.6. The average molecular weight is 560 g/mol. The van der Waals surface area contributed by atoms with Crippen LogP contribution in [0.5, 0.6) is 5.75 Å². The zero-order valence-electron chi connectivity index (χ0n) is 24.9. The number of hydrogen-bond acceptors (Lipinski definition) is 4. The van der Waals surface area contributed by atoms with Crippen LogP contribution in [0.2, 0.25) is 0 Å². The summed E-state index contributed by atoms with van der Waals surface area (Å²) in [4.78, 5) is 28.4. The van der Waals surface area contributed by atoms with Crippen LogP contribution < -0.4 is 9.64 Å². The molecule has 0 radical (unpaired) electrons. The zero-order valence-corrected chi connectivity index (χ0v) is 24.9. The minimum Gasteiger partial charge on any atom is -0.490 e. The van der Waals surface area contributed by atoms with E-state index in [-0.39, 0.29) is 11.7 Å².